The van der Waals surface area contributed by atoms with Crippen molar-refractivity contribution >= 4 is 16.9 Å². The second-order valence-electron chi connectivity index (χ2n) is 10.1. The van der Waals surface area contributed by atoms with Gasteiger partial charge in [-0.05, 0) is 42.7 Å². The van der Waals surface area contributed by atoms with Gasteiger partial charge in [-0.15, -0.1) is 0 Å². The van der Waals surface area contributed by atoms with E-state index in [4.69, 9.17) is 4.74 Å². The van der Waals surface area contributed by atoms with Crippen molar-refractivity contribution in [1.29, 1.82) is 0 Å². The van der Waals surface area contributed by atoms with Crippen molar-refractivity contribution in [3.05, 3.63) is 33.7 Å². The van der Waals surface area contributed by atoms with Crippen molar-refractivity contribution in [3.63, 3.8) is 0 Å². The second-order valence-corrected chi connectivity index (χ2v) is 10.1. The molecule has 0 spiro atoms. The van der Waals surface area contributed by atoms with Gasteiger partial charge < -0.3 is 15.2 Å². The Labute approximate surface area is 200 Å². The van der Waals surface area contributed by atoms with Crippen molar-refractivity contribution in [3.8, 4) is 5.75 Å². The molecule has 8 nitrogen and oxygen atoms in total. The van der Waals surface area contributed by atoms with Crippen LogP contribution in [-0.2, 0) is 11.3 Å². The van der Waals surface area contributed by atoms with Gasteiger partial charge in [-0.25, -0.2) is 4.98 Å². The molecule has 3 fully saturated rings. The standard InChI is InChI=1S/C26H36N4O4/c31-23-21-16-20(19-6-1-2-7-19)17-28-24(21)30(11-10-29-12-14-34-15-13-29)26(33)22(23)25(32)27-9-8-18-4-3-5-18/h16-19,31H,1-15H2,(H,27,32). The highest BCUT2D eigenvalue weighted by Crippen LogP contribution is 2.36. The number of rotatable bonds is 8. The molecule has 2 aromatic rings. The summed E-state index contributed by atoms with van der Waals surface area (Å²) in [5.74, 6) is 0.352. The summed E-state index contributed by atoms with van der Waals surface area (Å²) in [5.41, 5.74) is 0.896. The zero-order valence-corrected chi connectivity index (χ0v) is 19.9. The van der Waals surface area contributed by atoms with E-state index in [2.05, 4.69) is 15.2 Å². The van der Waals surface area contributed by atoms with Crippen molar-refractivity contribution < 1.29 is 14.6 Å². The van der Waals surface area contributed by atoms with Crippen molar-refractivity contribution in [1.82, 2.24) is 19.8 Å². The molecule has 0 aromatic carbocycles. The summed E-state index contributed by atoms with van der Waals surface area (Å²) in [6.45, 7) is 4.60. The highest BCUT2D eigenvalue weighted by Gasteiger charge is 2.26. The van der Waals surface area contributed by atoms with Crippen LogP contribution in [0, 0.1) is 5.92 Å². The number of nitrogens with zero attached hydrogens (tertiary/aromatic N) is 3. The fourth-order valence-electron chi connectivity index (χ4n) is 5.55. The van der Waals surface area contributed by atoms with Gasteiger partial charge >= 0.3 is 0 Å². The number of hydrogen-bond donors (Lipinski definition) is 2. The number of hydrogen-bond acceptors (Lipinski definition) is 6. The molecule has 34 heavy (non-hydrogen) atoms. The molecule has 184 valence electrons. The molecule has 1 saturated heterocycles. The first-order valence-electron chi connectivity index (χ1n) is 13.0. The molecule has 0 unspecified atom stereocenters. The van der Waals surface area contributed by atoms with E-state index in [1.54, 1.807) is 4.57 Å². The van der Waals surface area contributed by atoms with Crippen molar-refractivity contribution in [2.75, 3.05) is 39.4 Å². The minimum absolute atomic E-state index is 0.159. The molecule has 0 atom stereocenters. The monoisotopic (exact) mass is 468 g/mol. The van der Waals surface area contributed by atoms with Gasteiger partial charge in [-0.2, -0.15) is 0 Å². The number of nitrogens with one attached hydrogen (secondary N) is 1. The molecule has 5 rings (SSSR count). The first kappa shape index (κ1) is 23.3. The lowest BCUT2D eigenvalue weighted by molar-refractivity contribution is 0.0364. The van der Waals surface area contributed by atoms with Gasteiger partial charge in [0, 0.05) is 38.9 Å². The maximum absolute atomic E-state index is 13.5. The van der Waals surface area contributed by atoms with Crippen LogP contribution in [0.25, 0.3) is 11.0 Å². The largest absolute Gasteiger partial charge is 0.506 e. The average molecular weight is 469 g/mol. The van der Waals surface area contributed by atoms with Crippen molar-refractivity contribution in [2.45, 2.75) is 63.8 Å². The summed E-state index contributed by atoms with van der Waals surface area (Å²) in [7, 11) is 0. The number of ether oxygens (including phenoxy) is 1. The minimum atomic E-state index is -0.491. The lowest BCUT2D eigenvalue weighted by Crippen LogP contribution is -2.40. The quantitative estimate of drug-likeness (QED) is 0.618. The zero-order chi connectivity index (χ0) is 23.5. The number of amides is 1. The number of pyridine rings is 2. The summed E-state index contributed by atoms with van der Waals surface area (Å²) >= 11 is 0. The van der Waals surface area contributed by atoms with Crippen LogP contribution in [0.4, 0.5) is 0 Å². The van der Waals surface area contributed by atoms with E-state index in [1.807, 2.05) is 12.3 Å². The van der Waals surface area contributed by atoms with Gasteiger partial charge in [-0.3, -0.25) is 19.1 Å². The van der Waals surface area contributed by atoms with E-state index in [1.165, 1.54) is 32.1 Å². The summed E-state index contributed by atoms with van der Waals surface area (Å²) < 4.78 is 7.01. The third kappa shape index (κ3) is 4.84. The fraction of sp³-hybridized carbons (Fsp3) is 0.654. The molecule has 1 aliphatic heterocycles. The summed E-state index contributed by atoms with van der Waals surface area (Å²) in [6.07, 6.45) is 11.1. The Kier molecular flexibility index (Phi) is 7.15. The number of carbonyl (C=O) groups excluding carboxylic acids is 1. The van der Waals surface area contributed by atoms with Gasteiger partial charge in [0.15, 0.2) is 0 Å². The lowest BCUT2D eigenvalue weighted by Gasteiger charge is -2.27. The molecule has 3 heterocycles. The zero-order valence-electron chi connectivity index (χ0n) is 19.9. The Morgan fingerprint density at radius 1 is 1.12 bits per heavy atom. The maximum Gasteiger partial charge on any atom is 0.268 e. The van der Waals surface area contributed by atoms with Crippen LogP contribution in [0.3, 0.4) is 0 Å². The SMILES string of the molecule is O=C(NCCC1CCC1)c1c(O)c2cc(C3CCCC3)cnc2n(CCN2CCOCC2)c1=O. The number of aromatic hydroxyl groups is 1. The van der Waals surface area contributed by atoms with Crippen LogP contribution < -0.4 is 10.9 Å². The molecule has 2 aromatic heterocycles. The second kappa shape index (κ2) is 10.4. The number of aromatic nitrogens is 2. The molecular weight excluding hydrogens is 432 g/mol. The highest BCUT2D eigenvalue weighted by molar-refractivity contribution is 6.01. The molecular formula is C26H36N4O4. The Balaban J connectivity index is 1.47. The normalized spacial score (nSPS) is 20.0. The summed E-state index contributed by atoms with van der Waals surface area (Å²) in [6, 6.07) is 1.95. The molecule has 2 aliphatic carbocycles. The van der Waals surface area contributed by atoms with E-state index in [9.17, 15) is 14.7 Å². The van der Waals surface area contributed by atoms with Crippen LogP contribution in [-0.4, -0.2) is 64.9 Å². The van der Waals surface area contributed by atoms with E-state index in [-0.39, 0.29) is 11.3 Å². The summed E-state index contributed by atoms with van der Waals surface area (Å²) in [4.78, 5) is 33.5. The third-order valence-electron chi connectivity index (χ3n) is 7.95. The molecule has 3 aliphatic rings. The van der Waals surface area contributed by atoms with E-state index >= 15 is 0 Å². The third-order valence-corrected chi connectivity index (χ3v) is 7.95. The van der Waals surface area contributed by atoms with Crippen LogP contribution >= 0.6 is 0 Å². The molecule has 0 bridgehead atoms. The van der Waals surface area contributed by atoms with Crippen LogP contribution in [0.15, 0.2) is 17.1 Å². The molecule has 2 saturated carbocycles. The smallest absolute Gasteiger partial charge is 0.268 e. The number of carbonyl (C=O) groups is 1. The van der Waals surface area contributed by atoms with Gasteiger partial charge in [0.05, 0.1) is 18.6 Å². The van der Waals surface area contributed by atoms with Crippen LogP contribution in [0.5, 0.6) is 5.75 Å². The molecule has 1 amide bonds. The minimum Gasteiger partial charge on any atom is -0.506 e. The topological polar surface area (TPSA) is 96.7 Å². The number of morpholine rings is 1. The van der Waals surface area contributed by atoms with Crippen LogP contribution in [0.2, 0.25) is 0 Å². The molecule has 2 N–H and O–H groups in total. The highest BCUT2D eigenvalue weighted by atomic mass is 16.5. The van der Waals surface area contributed by atoms with Gasteiger partial charge in [0.25, 0.3) is 11.5 Å². The Bertz CT molecular complexity index is 1080. The Hall–Kier alpha value is -2.45. The van der Waals surface area contributed by atoms with Gasteiger partial charge in [-0.1, -0.05) is 32.1 Å². The van der Waals surface area contributed by atoms with Crippen LogP contribution in [0.1, 0.15) is 73.2 Å². The summed E-state index contributed by atoms with van der Waals surface area (Å²) in [5, 5.41) is 14.5. The predicted octanol–water partition coefficient (Wildman–Crippen LogP) is 3.01. The Morgan fingerprint density at radius 2 is 1.88 bits per heavy atom. The van der Waals surface area contributed by atoms with E-state index < -0.39 is 11.5 Å². The van der Waals surface area contributed by atoms with Gasteiger partial charge in [0.1, 0.15) is 17.0 Å². The predicted molar refractivity (Wildman–Crippen MR) is 130 cm³/mol. The number of fused-ring (bicyclic) bond motifs is 1. The first-order chi connectivity index (χ1) is 16.6. The van der Waals surface area contributed by atoms with Gasteiger partial charge in [0.2, 0.25) is 0 Å². The van der Waals surface area contributed by atoms with E-state index in [0.717, 1.165) is 37.9 Å². The Morgan fingerprint density at radius 3 is 2.59 bits per heavy atom. The average Bonchev–Trinajstić information content (AvgIpc) is 3.36. The fourth-order valence-corrected chi connectivity index (χ4v) is 5.55. The lowest BCUT2D eigenvalue weighted by atomic mass is 9.83. The van der Waals surface area contributed by atoms with Crippen molar-refractivity contribution in [2.24, 2.45) is 5.92 Å². The molecule has 0 radical (unpaired) electrons. The molecule has 8 heteroatoms. The van der Waals surface area contributed by atoms with E-state index in [0.29, 0.717) is 55.7 Å². The maximum atomic E-state index is 13.5. The first-order valence-corrected chi connectivity index (χ1v) is 13.0.